The molecule has 0 unspecified atom stereocenters. The molecule has 0 saturated carbocycles. The first-order chi connectivity index (χ1) is 9.10. The van der Waals surface area contributed by atoms with E-state index in [1.807, 2.05) is 0 Å². The molecule has 0 fully saturated rings. The molecule has 0 aromatic carbocycles. The van der Waals surface area contributed by atoms with Crippen LogP contribution in [-0.4, -0.2) is 69.0 Å². The SMILES string of the molecule is [N-]=[N+]=NC(F)(F)C(=O)C(=O)[C@H](N)[C@@H](O)[C@@H](O)[C@H](O)CO. The van der Waals surface area contributed by atoms with Gasteiger partial charge in [-0.15, -0.1) is 0 Å². The first kappa shape index (κ1) is 18.3. The number of hydrogen-bond acceptors (Lipinski definition) is 8. The molecule has 0 spiro atoms. The van der Waals surface area contributed by atoms with Crippen LogP contribution in [0.2, 0.25) is 0 Å². The number of ketones is 2. The predicted molar refractivity (Wildman–Crippen MR) is 57.2 cm³/mol. The highest BCUT2D eigenvalue weighted by atomic mass is 19.3. The van der Waals surface area contributed by atoms with Crippen molar-refractivity contribution in [1.82, 2.24) is 0 Å². The van der Waals surface area contributed by atoms with Crippen molar-refractivity contribution < 1.29 is 38.8 Å². The van der Waals surface area contributed by atoms with Gasteiger partial charge in [0.25, 0.3) is 5.78 Å². The fourth-order valence-electron chi connectivity index (χ4n) is 1.10. The monoisotopic (exact) mass is 298 g/mol. The number of nitrogens with two attached hydrogens (primary N) is 1. The largest absolute Gasteiger partial charge is 0.394 e. The predicted octanol–water partition coefficient (Wildman–Crippen LogP) is -2.57. The lowest BCUT2D eigenvalue weighted by atomic mass is 9.96. The van der Waals surface area contributed by atoms with Gasteiger partial charge in [-0.3, -0.25) is 9.59 Å². The van der Waals surface area contributed by atoms with E-state index in [2.05, 4.69) is 0 Å². The van der Waals surface area contributed by atoms with Gasteiger partial charge >= 0.3 is 6.05 Å². The topological polar surface area (TPSA) is 190 Å². The molecule has 0 aliphatic rings. The highest BCUT2D eigenvalue weighted by Crippen LogP contribution is 2.19. The van der Waals surface area contributed by atoms with Gasteiger partial charge in [0.1, 0.15) is 24.4 Å². The van der Waals surface area contributed by atoms with Crippen LogP contribution < -0.4 is 5.73 Å². The molecule has 0 aliphatic heterocycles. The van der Waals surface area contributed by atoms with E-state index in [-0.39, 0.29) is 0 Å². The molecule has 4 atom stereocenters. The fraction of sp³-hybridized carbons (Fsp3) is 0.750. The van der Waals surface area contributed by atoms with Crippen molar-refractivity contribution in [3.8, 4) is 0 Å². The summed E-state index contributed by atoms with van der Waals surface area (Å²) in [6.07, 6.45) is -6.35. The van der Waals surface area contributed by atoms with Crippen molar-refractivity contribution in [3.05, 3.63) is 10.4 Å². The summed E-state index contributed by atoms with van der Waals surface area (Å²) < 4.78 is 25.7. The normalized spacial score (nSPS) is 17.6. The zero-order valence-electron chi connectivity index (χ0n) is 9.80. The maximum absolute atomic E-state index is 12.8. The number of aliphatic hydroxyl groups is 4. The van der Waals surface area contributed by atoms with Crippen LogP contribution in [0.5, 0.6) is 0 Å². The average Bonchev–Trinajstić information content (AvgIpc) is 2.42. The Morgan fingerprint density at radius 3 is 2.20 bits per heavy atom. The summed E-state index contributed by atoms with van der Waals surface area (Å²) in [6.45, 7) is -1.01. The standard InChI is InChI=1S/C8H12F2N4O6/c9-8(10,13-14-12)7(20)6(19)3(11)5(18)4(17)2(16)1-15/h2-5,15-18H,1,11H2/t2-,3-,4+,5-/m1/s1. The zero-order chi connectivity index (χ0) is 16.1. The maximum Gasteiger partial charge on any atom is 0.390 e. The summed E-state index contributed by atoms with van der Waals surface area (Å²) in [6, 6.07) is -7.00. The molecule has 0 rings (SSSR count). The van der Waals surface area contributed by atoms with Gasteiger partial charge in [0.05, 0.1) is 6.61 Å². The van der Waals surface area contributed by atoms with Crippen LogP contribution in [0.15, 0.2) is 5.11 Å². The molecule has 0 radical (unpaired) electrons. The van der Waals surface area contributed by atoms with Crippen molar-refractivity contribution >= 4 is 11.6 Å². The Balaban J connectivity index is 5.03. The van der Waals surface area contributed by atoms with Crippen LogP contribution in [0.4, 0.5) is 8.78 Å². The third-order valence-corrected chi connectivity index (χ3v) is 2.27. The summed E-state index contributed by atoms with van der Waals surface area (Å²) in [4.78, 5) is 23.9. The van der Waals surface area contributed by atoms with E-state index in [4.69, 9.17) is 21.5 Å². The molecule has 0 saturated heterocycles. The summed E-state index contributed by atoms with van der Waals surface area (Å²) in [5.74, 6) is -4.49. The van der Waals surface area contributed by atoms with Gasteiger partial charge in [-0.2, -0.15) is 8.78 Å². The summed E-state index contributed by atoms with van der Waals surface area (Å²) in [7, 11) is 0. The second kappa shape index (κ2) is 7.19. The molecule has 20 heavy (non-hydrogen) atoms. The highest BCUT2D eigenvalue weighted by Gasteiger charge is 2.46. The molecule has 0 aliphatic carbocycles. The maximum atomic E-state index is 12.8. The molecule has 12 heteroatoms. The molecule has 0 amide bonds. The van der Waals surface area contributed by atoms with Gasteiger partial charge in [-0.05, 0) is 10.6 Å². The van der Waals surface area contributed by atoms with Gasteiger partial charge in [-0.25, -0.2) is 0 Å². The molecule has 114 valence electrons. The Morgan fingerprint density at radius 2 is 1.80 bits per heavy atom. The first-order valence-electron chi connectivity index (χ1n) is 5.03. The van der Waals surface area contributed by atoms with Crippen LogP contribution in [0.3, 0.4) is 0 Å². The third-order valence-electron chi connectivity index (χ3n) is 2.27. The number of azide groups is 1. The number of nitrogens with zero attached hydrogens (tertiary/aromatic N) is 3. The van der Waals surface area contributed by atoms with Crippen molar-refractivity contribution in [2.75, 3.05) is 6.61 Å². The van der Waals surface area contributed by atoms with E-state index in [0.717, 1.165) is 0 Å². The van der Waals surface area contributed by atoms with Crippen molar-refractivity contribution in [3.63, 3.8) is 0 Å². The van der Waals surface area contributed by atoms with Crippen molar-refractivity contribution in [2.24, 2.45) is 10.8 Å². The molecule has 6 N–H and O–H groups in total. The number of carbonyl (C=O) groups excluding carboxylic acids is 2. The average molecular weight is 298 g/mol. The molecule has 0 aromatic heterocycles. The molecule has 10 nitrogen and oxygen atoms in total. The minimum atomic E-state index is -4.69. The Morgan fingerprint density at radius 1 is 1.30 bits per heavy atom. The van der Waals surface area contributed by atoms with E-state index in [0.29, 0.717) is 0 Å². The Hall–Kier alpha value is -1.69. The Labute approximate surface area is 110 Å². The van der Waals surface area contributed by atoms with Gasteiger partial charge in [-0.1, -0.05) is 0 Å². The third kappa shape index (κ3) is 4.16. The van der Waals surface area contributed by atoms with E-state index < -0.39 is 48.6 Å². The second-order valence-electron chi connectivity index (χ2n) is 3.68. The van der Waals surface area contributed by atoms with Crippen LogP contribution in [-0.2, 0) is 9.59 Å². The number of carbonyl (C=O) groups is 2. The minimum absolute atomic E-state index is 1.01. The quantitative estimate of drug-likeness (QED) is 0.107. The number of rotatable bonds is 8. The van der Waals surface area contributed by atoms with E-state index in [1.165, 1.54) is 0 Å². The molecule has 0 heterocycles. The molecule has 0 bridgehead atoms. The molecular weight excluding hydrogens is 286 g/mol. The van der Waals surface area contributed by atoms with Crippen LogP contribution >= 0.6 is 0 Å². The Kier molecular flexibility index (Phi) is 6.58. The van der Waals surface area contributed by atoms with E-state index in [9.17, 15) is 28.6 Å². The zero-order valence-corrected chi connectivity index (χ0v) is 9.80. The summed E-state index contributed by atoms with van der Waals surface area (Å²) in [5.41, 5.74) is 12.8. The van der Waals surface area contributed by atoms with Gasteiger partial charge in [0.15, 0.2) is 0 Å². The molecule has 0 aromatic rings. The van der Waals surface area contributed by atoms with Gasteiger partial charge < -0.3 is 26.2 Å². The van der Waals surface area contributed by atoms with Crippen molar-refractivity contribution in [1.29, 1.82) is 0 Å². The number of alkyl halides is 2. The van der Waals surface area contributed by atoms with E-state index in [1.54, 1.807) is 10.0 Å². The van der Waals surface area contributed by atoms with Gasteiger partial charge in [0, 0.05) is 4.91 Å². The Bertz CT molecular complexity index is 427. The van der Waals surface area contributed by atoms with Crippen LogP contribution in [0.25, 0.3) is 10.4 Å². The number of aliphatic hydroxyl groups excluding tert-OH is 4. The van der Waals surface area contributed by atoms with Crippen LogP contribution in [0, 0.1) is 0 Å². The van der Waals surface area contributed by atoms with Crippen LogP contribution in [0.1, 0.15) is 0 Å². The summed E-state index contributed by atoms with van der Waals surface area (Å²) >= 11 is 0. The number of halogens is 2. The smallest absolute Gasteiger partial charge is 0.390 e. The van der Waals surface area contributed by atoms with Gasteiger partial charge in [0.2, 0.25) is 5.78 Å². The minimum Gasteiger partial charge on any atom is -0.394 e. The lowest BCUT2D eigenvalue weighted by Crippen LogP contribution is -2.56. The number of hydrogen-bond donors (Lipinski definition) is 5. The number of Topliss-reactive ketones (excluding diaryl/α,β-unsaturated/α-hetero) is 2. The summed E-state index contributed by atoms with van der Waals surface area (Å²) in [5, 5.41) is 37.8. The lowest BCUT2D eigenvalue weighted by Gasteiger charge is -2.25. The fourth-order valence-corrected chi connectivity index (χ4v) is 1.10. The van der Waals surface area contributed by atoms with Crippen molar-refractivity contribution in [2.45, 2.75) is 30.4 Å². The second-order valence-corrected chi connectivity index (χ2v) is 3.68. The highest BCUT2D eigenvalue weighted by molar-refractivity contribution is 6.41. The molecular formula is C8H12F2N4O6. The first-order valence-corrected chi connectivity index (χ1v) is 5.03. The lowest BCUT2D eigenvalue weighted by molar-refractivity contribution is -0.155. The van der Waals surface area contributed by atoms with E-state index >= 15 is 0 Å².